The van der Waals surface area contributed by atoms with E-state index in [0.29, 0.717) is 16.4 Å². The maximum absolute atomic E-state index is 12.2. The van der Waals surface area contributed by atoms with Crippen molar-refractivity contribution in [3.63, 3.8) is 0 Å². The zero-order chi connectivity index (χ0) is 19.3. The lowest BCUT2D eigenvalue weighted by Gasteiger charge is -2.19. The van der Waals surface area contributed by atoms with Gasteiger partial charge in [-0.25, -0.2) is 4.79 Å². The summed E-state index contributed by atoms with van der Waals surface area (Å²) in [6, 6.07) is 4.51. The van der Waals surface area contributed by atoms with Crippen LogP contribution in [0.3, 0.4) is 0 Å². The number of amides is 3. The fraction of sp³-hybridized carbons (Fsp3) is 0.353. The van der Waals surface area contributed by atoms with E-state index in [1.807, 2.05) is 0 Å². The van der Waals surface area contributed by atoms with E-state index in [2.05, 4.69) is 15.3 Å². The maximum atomic E-state index is 12.2. The van der Waals surface area contributed by atoms with Gasteiger partial charge in [-0.3, -0.25) is 9.59 Å². The van der Waals surface area contributed by atoms with Gasteiger partial charge in [-0.15, -0.1) is 0 Å². The molecule has 1 atom stereocenters. The zero-order valence-electron chi connectivity index (χ0n) is 14.5. The summed E-state index contributed by atoms with van der Waals surface area (Å²) in [5.41, 5.74) is 1.66. The Hall–Kier alpha value is -2.19. The monoisotopic (exact) mass is 395 g/mol. The Morgan fingerprint density at radius 1 is 1.31 bits per heavy atom. The number of hydrogen-bond donors (Lipinski definition) is 1. The van der Waals surface area contributed by atoms with Crippen molar-refractivity contribution in [2.75, 3.05) is 17.7 Å². The topological polar surface area (TPSA) is 97.2 Å². The Balaban J connectivity index is 2.06. The molecular weight excluding hydrogens is 378 g/mol. The molecule has 1 aliphatic rings. The van der Waals surface area contributed by atoms with Crippen molar-refractivity contribution in [3.8, 4) is 0 Å². The molecule has 1 N–H and O–H groups in total. The summed E-state index contributed by atoms with van der Waals surface area (Å²) in [7, 11) is 0. The number of rotatable bonds is 5. The molecule has 0 fully saturated rings. The van der Waals surface area contributed by atoms with Gasteiger partial charge in [-0.2, -0.15) is 9.98 Å². The van der Waals surface area contributed by atoms with E-state index in [1.165, 1.54) is 0 Å². The van der Waals surface area contributed by atoms with Crippen LogP contribution in [0, 0.1) is 12.8 Å². The van der Waals surface area contributed by atoms with Gasteiger partial charge in [0, 0.05) is 16.4 Å². The fourth-order valence-corrected chi connectivity index (χ4v) is 3.36. The number of aliphatic imine (C=N–C) groups is 2. The second-order valence-electron chi connectivity index (χ2n) is 5.42. The number of halogens is 1. The number of thioether (sulfide) groups is 1. The van der Waals surface area contributed by atoms with Gasteiger partial charge >= 0.3 is 12.0 Å². The van der Waals surface area contributed by atoms with Crippen molar-refractivity contribution in [3.05, 3.63) is 28.8 Å². The molecule has 0 spiro atoms. The number of urea groups is 1. The third kappa shape index (κ3) is 4.92. The van der Waals surface area contributed by atoms with Gasteiger partial charge in [0.2, 0.25) is 5.91 Å². The predicted octanol–water partition coefficient (Wildman–Crippen LogP) is 3.49. The molecule has 1 heterocycles. The molecule has 2 rings (SSSR count). The van der Waals surface area contributed by atoms with Crippen LogP contribution in [0.4, 0.5) is 10.5 Å². The molecular formula is C17H18ClN3O4S. The quantitative estimate of drug-likeness (QED) is 0.769. The second kappa shape index (κ2) is 8.95. The Kier molecular flexibility index (Phi) is 6.93. The highest BCUT2D eigenvalue weighted by atomic mass is 35.5. The molecule has 0 aromatic heterocycles. The lowest BCUT2D eigenvalue weighted by Crippen LogP contribution is -2.34. The molecule has 26 heavy (non-hydrogen) atoms. The van der Waals surface area contributed by atoms with E-state index in [4.69, 9.17) is 16.3 Å². The van der Waals surface area contributed by atoms with Gasteiger partial charge in [0.15, 0.2) is 0 Å². The first-order chi connectivity index (χ1) is 12.3. The van der Waals surface area contributed by atoms with Crippen LogP contribution in [0.1, 0.15) is 19.4 Å². The van der Waals surface area contributed by atoms with Crippen LogP contribution in [-0.2, 0) is 14.3 Å². The Morgan fingerprint density at radius 2 is 2.04 bits per heavy atom. The molecule has 1 aromatic rings. The number of ether oxygens (including phenoxy) is 1. The summed E-state index contributed by atoms with van der Waals surface area (Å²) >= 11 is 7.04. The Bertz CT molecular complexity index is 807. The van der Waals surface area contributed by atoms with Crippen molar-refractivity contribution in [2.45, 2.75) is 20.8 Å². The zero-order valence-corrected chi connectivity index (χ0v) is 16.1. The molecule has 0 saturated carbocycles. The number of carbonyl (C=O) groups excluding carboxylic acids is 3. The first kappa shape index (κ1) is 20.1. The van der Waals surface area contributed by atoms with E-state index in [9.17, 15) is 14.4 Å². The standard InChI is InChI=1S/C17H18ClN3O4S/c1-4-25-16(23)14-10(3)19-17(24)21-15(14)26-8-13(22)20-12-7-5-6-11(18)9(12)2/h5-7,14H,4,8H2,1-3H3,(H,20,22). The van der Waals surface area contributed by atoms with Gasteiger partial charge in [0.25, 0.3) is 0 Å². The van der Waals surface area contributed by atoms with Gasteiger partial charge in [-0.1, -0.05) is 29.4 Å². The van der Waals surface area contributed by atoms with Crippen LogP contribution in [-0.4, -0.2) is 41.0 Å². The molecule has 0 aliphatic carbocycles. The molecule has 1 aromatic carbocycles. The molecule has 1 aliphatic heterocycles. The van der Waals surface area contributed by atoms with E-state index < -0.39 is 17.9 Å². The van der Waals surface area contributed by atoms with Crippen molar-refractivity contribution >= 4 is 57.7 Å². The van der Waals surface area contributed by atoms with Gasteiger partial charge in [-0.05, 0) is 38.5 Å². The number of nitrogens with one attached hydrogen (secondary N) is 1. The smallest absolute Gasteiger partial charge is 0.367 e. The molecule has 0 bridgehead atoms. The number of benzene rings is 1. The molecule has 0 saturated heterocycles. The minimum absolute atomic E-state index is 0.0265. The number of hydrogen-bond acceptors (Lipinski definition) is 5. The van der Waals surface area contributed by atoms with Crippen LogP contribution >= 0.6 is 23.4 Å². The van der Waals surface area contributed by atoms with Crippen molar-refractivity contribution in [1.82, 2.24) is 0 Å². The fourth-order valence-electron chi connectivity index (χ4n) is 2.26. The molecule has 9 heteroatoms. The van der Waals surface area contributed by atoms with Crippen molar-refractivity contribution < 1.29 is 19.1 Å². The molecule has 0 radical (unpaired) electrons. The van der Waals surface area contributed by atoms with Crippen LogP contribution < -0.4 is 5.32 Å². The average molecular weight is 396 g/mol. The molecule has 1 unspecified atom stereocenters. The lowest BCUT2D eigenvalue weighted by molar-refractivity contribution is -0.143. The Labute approximate surface area is 160 Å². The normalized spacial score (nSPS) is 16.6. The van der Waals surface area contributed by atoms with Gasteiger partial charge in [0.05, 0.1) is 17.4 Å². The highest BCUT2D eigenvalue weighted by molar-refractivity contribution is 8.14. The largest absolute Gasteiger partial charge is 0.465 e. The maximum Gasteiger partial charge on any atom is 0.367 e. The number of esters is 1. The number of anilines is 1. The van der Waals surface area contributed by atoms with Crippen LogP contribution in [0.2, 0.25) is 5.02 Å². The Morgan fingerprint density at radius 3 is 2.73 bits per heavy atom. The summed E-state index contributed by atoms with van der Waals surface area (Å²) in [5.74, 6) is -1.74. The van der Waals surface area contributed by atoms with E-state index >= 15 is 0 Å². The minimum atomic E-state index is -0.863. The molecule has 7 nitrogen and oxygen atoms in total. The third-order valence-corrected chi connectivity index (χ3v) is 5.00. The van der Waals surface area contributed by atoms with Crippen molar-refractivity contribution in [2.24, 2.45) is 15.9 Å². The summed E-state index contributed by atoms with van der Waals surface area (Å²) in [5, 5.41) is 3.51. The summed E-state index contributed by atoms with van der Waals surface area (Å²) < 4.78 is 5.01. The van der Waals surface area contributed by atoms with E-state index in [0.717, 1.165) is 17.3 Å². The highest BCUT2D eigenvalue weighted by Crippen LogP contribution is 2.24. The number of carbonyl (C=O) groups is 3. The summed E-state index contributed by atoms with van der Waals surface area (Å²) in [6.45, 7) is 5.24. The average Bonchev–Trinajstić information content (AvgIpc) is 2.56. The number of nitrogens with zero attached hydrogens (tertiary/aromatic N) is 2. The van der Waals surface area contributed by atoms with Crippen LogP contribution in [0.15, 0.2) is 28.2 Å². The predicted molar refractivity (Wildman–Crippen MR) is 103 cm³/mol. The second-order valence-corrected chi connectivity index (χ2v) is 6.82. The first-order valence-corrected chi connectivity index (χ1v) is 9.22. The summed E-state index contributed by atoms with van der Waals surface area (Å²) in [6.07, 6.45) is 0. The summed E-state index contributed by atoms with van der Waals surface area (Å²) in [4.78, 5) is 43.4. The van der Waals surface area contributed by atoms with Gasteiger partial charge < -0.3 is 10.1 Å². The third-order valence-electron chi connectivity index (χ3n) is 3.56. The van der Waals surface area contributed by atoms with E-state index in [1.54, 1.807) is 39.0 Å². The van der Waals surface area contributed by atoms with Crippen LogP contribution in [0.5, 0.6) is 0 Å². The highest BCUT2D eigenvalue weighted by Gasteiger charge is 2.33. The van der Waals surface area contributed by atoms with Gasteiger partial charge in [0.1, 0.15) is 5.92 Å². The van der Waals surface area contributed by atoms with E-state index in [-0.39, 0.29) is 23.3 Å². The van der Waals surface area contributed by atoms with Crippen molar-refractivity contribution in [1.29, 1.82) is 0 Å². The molecule has 3 amide bonds. The minimum Gasteiger partial charge on any atom is -0.465 e. The molecule has 138 valence electrons. The lowest BCUT2D eigenvalue weighted by atomic mass is 10.1. The SMILES string of the molecule is CCOC(=O)C1C(C)=NC(=O)N=C1SCC(=O)Nc1cccc(Cl)c1C. The first-order valence-electron chi connectivity index (χ1n) is 7.85. The van der Waals surface area contributed by atoms with Crippen LogP contribution in [0.25, 0.3) is 0 Å².